The van der Waals surface area contributed by atoms with Gasteiger partial charge in [0.25, 0.3) is 0 Å². The first-order chi connectivity index (χ1) is 6.61. The van der Waals surface area contributed by atoms with Crippen molar-refractivity contribution in [2.45, 2.75) is 20.0 Å². The summed E-state index contributed by atoms with van der Waals surface area (Å²) in [5.41, 5.74) is 0. The third-order valence-electron chi connectivity index (χ3n) is 1.27. The molecule has 1 unspecified atom stereocenters. The molecule has 0 aliphatic rings. The van der Waals surface area contributed by atoms with Crippen LogP contribution in [-0.2, 0) is 14.3 Å². The van der Waals surface area contributed by atoms with Crippen LogP contribution in [0.2, 0.25) is 0 Å². The molecular formula is C8H15NO5. The van der Waals surface area contributed by atoms with E-state index in [-0.39, 0.29) is 19.8 Å². The van der Waals surface area contributed by atoms with Crippen LogP contribution in [0.15, 0.2) is 0 Å². The highest BCUT2D eigenvalue weighted by molar-refractivity contribution is 5.75. The highest BCUT2D eigenvalue weighted by Crippen LogP contribution is 1.87. The molecule has 1 atom stereocenters. The molecule has 82 valence electrons. The number of hydrogen-bond donors (Lipinski definition) is 2. The number of rotatable bonds is 5. The average Bonchev–Trinajstić information content (AvgIpc) is 2.15. The van der Waals surface area contributed by atoms with Crippen LogP contribution in [0, 0.1) is 0 Å². The van der Waals surface area contributed by atoms with E-state index < -0.39 is 18.2 Å². The summed E-state index contributed by atoms with van der Waals surface area (Å²) in [4.78, 5) is 21.6. The number of carbonyl (C=O) groups is 2. The normalized spacial score (nSPS) is 11.6. The minimum Gasteiger partial charge on any atom is -0.464 e. The highest BCUT2D eigenvalue weighted by Gasteiger charge is 2.16. The van der Waals surface area contributed by atoms with Gasteiger partial charge >= 0.3 is 12.1 Å². The molecule has 6 nitrogen and oxygen atoms in total. The number of aliphatic hydroxyl groups excluding tert-OH is 1. The maximum atomic E-state index is 10.8. The summed E-state index contributed by atoms with van der Waals surface area (Å²) in [6, 6.07) is 0. The van der Waals surface area contributed by atoms with Gasteiger partial charge in [0, 0.05) is 0 Å². The molecule has 0 rings (SSSR count). The van der Waals surface area contributed by atoms with Crippen molar-refractivity contribution in [3.63, 3.8) is 0 Å². The number of ether oxygens (including phenoxy) is 2. The van der Waals surface area contributed by atoms with Gasteiger partial charge in [0.1, 0.15) is 0 Å². The van der Waals surface area contributed by atoms with Gasteiger partial charge in [-0.3, -0.25) is 0 Å². The second-order valence-electron chi connectivity index (χ2n) is 2.37. The van der Waals surface area contributed by atoms with E-state index in [2.05, 4.69) is 14.8 Å². The average molecular weight is 205 g/mol. The maximum absolute atomic E-state index is 10.8. The van der Waals surface area contributed by atoms with Crippen LogP contribution in [-0.4, -0.2) is 43.0 Å². The Bertz CT molecular complexity index is 194. The van der Waals surface area contributed by atoms with E-state index in [0.29, 0.717) is 0 Å². The number of amides is 1. The van der Waals surface area contributed by atoms with Crippen LogP contribution in [0.5, 0.6) is 0 Å². The standard InChI is InChI=1S/C8H15NO5/c1-3-13-7(11)6(10)5-9-8(12)14-4-2/h6,10H,3-5H2,1-2H3,(H,9,12). The molecule has 0 aliphatic carbocycles. The number of hydrogen-bond acceptors (Lipinski definition) is 5. The van der Waals surface area contributed by atoms with Crippen LogP contribution in [0.25, 0.3) is 0 Å². The molecule has 2 N–H and O–H groups in total. The van der Waals surface area contributed by atoms with Crippen molar-refractivity contribution >= 4 is 12.1 Å². The molecule has 1 amide bonds. The Morgan fingerprint density at radius 1 is 1.29 bits per heavy atom. The van der Waals surface area contributed by atoms with Gasteiger partial charge in [-0.1, -0.05) is 0 Å². The van der Waals surface area contributed by atoms with Crippen molar-refractivity contribution in [1.82, 2.24) is 5.32 Å². The zero-order chi connectivity index (χ0) is 11.0. The highest BCUT2D eigenvalue weighted by atomic mass is 16.6. The SMILES string of the molecule is CCOC(=O)NCC(O)C(=O)OCC. The van der Waals surface area contributed by atoms with Gasteiger partial charge in [-0.2, -0.15) is 0 Å². The molecule has 0 fully saturated rings. The van der Waals surface area contributed by atoms with Crippen molar-refractivity contribution < 1.29 is 24.2 Å². The molecule has 0 radical (unpaired) electrons. The van der Waals surface area contributed by atoms with Gasteiger partial charge in [0.15, 0.2) is 6.10 Å². The van der Waals surface area contributed by atoms with Crippen LogP contribution < -0.4 is 5.32 Å². The first-order valence-corrected chi connectivity index (χ1v) is 4.37. The fraction of sp³-hybridized carbons (Fsp3) is 0.750. The van der Waals surface area contributed by atoms with Gasteiger partial charge in [-0.05, 0) is 13.8 Å². The number of carbonyl (C=O) groups excluding carboxylic acids is 2. The van der Waals surface area contributed by atoms with Crippen LogP contribution in [0.1, 0.15) is 13.8 Å². The van der Waals surface area contributed by atoms with E-state index in [1.807, 2.05) is 0 Å². The van der Waals surface area contributed by atoms with E-state index in [0.717, 1.165) is 0 Å². The molecule has 0 saturated carbocycles. The predicted molar refractivity (Wildman–Crippen MR) is 47.7 cm³/mol. The topological polar surface area (TPSA) is 84.9 Å². The predicted octanol–water partition coefficient (Wildman–Crippen LogP) is -0.343. The van der Waals surface area contributed by atoms with Crippen molar-refractivity contribution in [2.75, 3.05) is 19.8 Å². The second-order valence-corrected chi connectivity index (χ2v) is 2.37. The van der Waals surface area contributed by atoms with Crippen molar-refractivity contribution in [3.05, 3.63) is 0 Å². The summed E-state index contributed by atoms with van der Waals surface area (Å²) >= 11 is 0. The minimum atomic E-state index is -1.35. The van der Waals surface area contributed by atoms with Gasteiger partial charge in [-0.25, -0.2) is 9.59 Å². The zero-order valence-electron chi connectivity index (χ0n) is 8.28. The number of alkyl carbamates (subject to hydrolysis) is 1. The van der Waals surface area contributed by atoms with Gasteiger partial charge in [-0.15, -0.1) is 0 Å². The fourth-order valence-corrected chi connectivity index (χ4v) is 0.684. The van der Waals surface area contributed by atoms with Crippen molar-refractivity contribution in [2.24, 2.45) is 0 Å². The molecule has 0 bridgehead atoms. The van der Waals surface area contributed by atoms with Crippen molar-refractivity contribution in [1.29, 1.82) is 0 Å². The first kappa shape index (κ1) is 12.7. The second kappa shape index (κ2) is 7.14. The molecular weight excluding hydrogens is 190 g/mol. The lowest BCUT2D eigenvalue weighted by Gasteiger charge is -2.10. The monoisotopic (exact) mass is 205 g/mol. The van der Waals surface area contributed by atoms with E-state index in [9.17, 15) is 9.59 Å². The molecule has 14 heavy (non-hydrogen) atoms. The number of esters is 1. The van der Waals surface area contributed by atoms with Crippen LogP contribution in [0.3, 0.4) is 0 Å². The molecule has 6 heteroatoms. The maximum Gasteiger partial charge on any atom is 0.407 e. The molecule has 0 heterocycles. The summed E-state index contributed by atoms with van der Waals surface area (Å²) in [7, 11) is 0. The lowest BCUT2D eigenvalue weighted by Crippen LogP contribution is -2.37. The Hall–Kier alpha value is -1.30. The zero-order valence-corrected chi connectivity index (χ0v) is 8.28. The third-order valence-corrected chi connectivity index (χ3v) is 1.27. The number of aliphatic hydroxyl groups is 1. The van der Waals surface area contributed by atoms with E-state index in [1.54, 1.807) is 13.8 Å². The van der Waals surface area contributed by atoms with Crippen LogP contribution in [0.4, 0.5) is 4.79 Å². The lowest BCUT2D eigenvalue weighted by molar-refractivity contribution is -0.152. The largest absolute Gasteiger partial charge is 0.464 e. The Labute approximate surface area is 82.2 Å². The van der Waals surface area contributed by atoms with E-state index in [1.165, 1.54) is 0 Å². The molecule has 0 aromatic rings. The van der Waals surface area contributed by atoms with E-state index >= 15 is 0 Å². The summed E-state index contributed by atoms with van der Waals surface area (Å²) in [5, 5.41) is 11.3. The molecule has 0 aromatic heterocycles. The summed E-state index contributed by atoms with van der Waals surface area (Å²) in [6.45, 7) is 3.50. The minimum absolute atomic E-state index is 0.190. The summed E-state index contributed by atoms with van der Waals surface area (Å²) in [6.07, 6.45) is -2.02. The van der Waals surface area contributed by atoms with Crippen LogP contribution >= 0.6 is 0 Å². The molecule has 0 saturated heterocycles. The Kier molecular flexibility index (Phi) is 6.47. The van der Waals surface area contributed by atoms with Gasteiger partial charge in [0.05, 0.1) is 19.8 Å². The lowest BCUT2D eigenvalue weighted by atomic mass is 10.3. The molecule has 0 aliphatic heterocycles. The molecule has 0 spiro atoms. The Morgan fingerprint density at radius 2 is 1.86 bits per heavy atom. The van der Waals surface area contributed by atoms with Gasteiger partial charge in [0.2, 0.25) is 0 Å². The summed E-state index contributed by atoms with van der Waals surface area (Å²) in [5.74, 6) is -0.760. The third kappa shape index (κ3) is 5.36. The quantitative estimate of drug-likeness (QED) is 0.599. The Balaban J connectivity index is 3.67. The molecule has 0 aromatic carbocycles. The fourth-order valence-electron chi connectivity index (χ4n) is 0.684. The van der Waals surface area contributed by atoms with Crippen molar-refractivity contribution in [3.8, 4) is 0 Å². The smallest absolute Gasteiger partial charge is 0.407 e. The van der Waals surface area contributed by atoms with E-state index in [4.69, 9.17) is 5.11 Å². The first-order valence-electron chi connectivity index (χ1n) is 4.37. The number of nitrogens with one attached hydrogen (secondary N) is 1. The Morgan fingerprint density at radius 3 is 2.36 bits per heavy atom. The van der Waals surface area contributed by atoms with Gasteiger partial charge < -0.3 is 19.9 Å². The summed E-state index contributed by atoms with van der Waals surface area (Å²) < 4.78 is 9.03.